The predicted molar refractivity (Wildman–Crippen MR) is 486 cm³/mol. The second kappa shape index (κ2) is 47.2. The van der Waals surface area contributed by atoms with Gasteiger partial charge in [0, 0.05) is 44.3 Å². The van der Waals surface area contributed by atoms with Gasteiger partial charge in [-0.15, -0.1) is 0 Å². The molecule has 0 saturated heterocycles. The average Bonchev–Trinajstić information content (AvgIpc) is 0.719. The van der Waals surface area contributed by atoms with E-state index < -0.39 is 0 Å². The van der Waals surface area contributed by atoms with Crippen molar-refractivity contribution < 1.29 is 0 Å². The predicted octanol–water partition coefficient (Wildman–Crippen LogP) is 35.3. The van der Waals surface area contributed by atoms with E-state index in [1.807, 2.05) is 0 Å². The first-order chi connectivity index (χ1) is 52.0. The number of anilines is 6. The third kappa shape index (κ3) is 29.3. The molecule has 7 aromatic carbocycles. The molecule has 7 rings (SSSR count). The number of hydrogen-bond acceptors (Lipinski definition) is 2. The van der Waals surface area contributed by atoms with Crippen LogP contribution < -0.4 is 9.80 Å². The number of aryl methyl sites for hydroxylation is 5. The Morgan fingerprint density at radius 2 is 0.463 bits per heavy atom. The van der Waals surface area contributed by atoms with Crippen LogP contribution >= 0.6 is 0 Å². The third-order valence-corrected chi connectivity index (χ3v) is 24.3. The van der Waals surface area contributed by atoms with Crippen LogP contribution in [0, 0.1) is 0 Å². The second-order valence-corrected chi connectivity index (χ2v) is 37.9. The van der Waals surface area contributed by atoms with Gasteiger partial charge in [-0.05, 0) is 197 Å². The first-order valence-corrected chi connectivity index (χ1v) is 46.2. The maximum atomic E-state index is 2.86. The van der Waals surface area contributed by atoms with Crippen LogP contribution in [-0.4, -0.2) is 0 Å². The molecule has 598 valence electrons. The molecule has 0 aliphatic heterocycles. The highest BCUT2D eigenvalue weighted by Crippen LogP contribution is 2.54. The summed E-state index contributed by atoms with van der Waals surface area (Å²) in [5.41, 5.74) is 20.7. The molecular formula is C106H164N2. The van der Waals surface area contributed by atoms with Crippen molar-refractivity contribution in [1.29, 1.82) is 0 Å². The number of fused-ring (bicyclic) bond motifs is 2. The van der Waals surface area contributed by atoms with E-state index >= 15 is 0 Å². The molecule has 0 fully saturated rings. The van der Waals surface area contributed by atoms with Crippen LogP contribution in [0.4, 0.5) is 34.1 Å². The Morgan fingerprint density at radius 3 is 0.759 bits per heavy atom. The molecule has 0 saturated carbocycles. The summed E-state index contributed by atoms with van der Waals surface area (Å²) in [5.74, 6) is 0. The number of hydrogen-bond donors (Lipinski definition) is 0. The van der Waals surface area contributed by atoms with Gasteiger partial charge in [-0.1, -0.05) is 410 Å². The largest absolute Gasteiger partial charge is 0.309 e. The molecule has 0 atom stereocenters. The second-order valence-electron chi connectivity index (χ2n) is 37.9. The molecule has 0 aliphatic rings. The van der Waals surface area contributed by atoms with Gasteiger partial charge >= 0.3 is 0 Å². The maximum Gasteiger partial charge on any atom is 0.0620 e. The van der Waals surface area contributed by atoms with Crippen LogP contribution in [0.5, 0.6) is 0 Å². The molecule has 0 heterocycles. The lowest BCUT2D eigenvalue weighted by Gasteiger charge is -2.36. The van der Waals surface area contributed by atoms with Crippen molar-refractivity contribution in [3.8, 4) is 0 Å². The van der Waals surface area contributed by atoms with Crippen LogP contribution in [0.25, 0.3) is 21.5 Å². The van der Waals surface area contributed by atoms with E-state index in [0.29, 0.717) is 0 Å². The molecule has 0 aromatic heterocycles. The summed E-state index contributed by atoms with van der Waals surface area (Å²) in [6.07, 6.45) is 60.9. The van der Waals surface area contributed by atoms with Gasteiger partial charge in [0.05, 0.1) is 11.4 Å². The quantitative estimate of drug-likeness (QED) is 0.0213. The van der Waals surface area contributed by atoms with Gasteiger partial charge in [0.1, 0.15) is 0 Å². The fourth-order valence-electron chi connectivity index (χ4n) is 17.2. The first-order valence-electron chi connectivity index (χ1n) is 46.2. The lowest BCUT2D eigenvalue weighted by molar-refractivity contribution is 0.471. The van der Waals surface area contributed by atoms with E-state index in [2.05, 4.69) is 243 Å². The van der Waals surface area contributed by atoms with Crippen molar-refractivity contribution in [3.05, 3.63) is 165 Å². The van der Waals surface area contributed by atoms with Crippen molar-refractivity contribution in [2.45, 2.75) is 441 Å². The summed E-state index contributed by atoms with van der Waals surface area (Å²) in [5, 5.41) is 5.32. The number of benzene rings is 7. The van der Waals surface area contributed by atoms with Crippen molar-refractivity contribution in [2.75, 3.05) is 9.80 Å². The molecule has 0 unspecified atom stereocenters. The Bertz CT molecular complexity index is 3550. The SMILES string of the molecule is CCCCCCCCCCc1cc(CCCCCCCCCC)cc(N(c2cc(C(C)(C)C)cc(C(C)(C)C)c2)c2c3ccccc3c(N(c3cc(CCCCCCCCCC)cc(CCCCCCCCCC)c3)c3cc(C(C)(C)C)cc(C(C)(C)CCC)c3)c3cc(CCCCCCCCCC)ccc23)c1. The third-order valence-electron chi connectivity index (χ3n) is 24.3. The molecule has 0 aliphatic carbocycles. The minimum Gasteiger partial charge on any atom is -0.309 e. The summed E-state index contributed by atoms with van der Waals surface area (Å²) in [6, 6.07) is 49.5. The van der Waals surface area contributed by atoms with E-state index in [1.165, 1.54) is 363 Å². The Labute approximate surface area is 667 Å². The van der Waals surface area contributed by atoms with Crippen molar-refractivity contribution in [2.24, 2.45) is 0 Å². The molecule has 0 amide bonds. The Hall–Kier alpha value is -5.34. The molecular weight excluding hydrogens is 1300 g/mol. The van der Waals surface area contributed by atoms with Crippen molar-refractivity contribution in [1.82, 2.24) is 0 Å². The zero-order valence-corrected chi connectivity index (χ0v) is 73.6. The summed E-state index contributed by atoms with van der Waals surface area (Å²) >= 11 is 0. The van der Waals surface area contributed by atoms with Crippen LogP contribution in [-0.2, 0) is 53.8 Å². The Morgan fingerprint density at radius 1 is 0.213 bits per heavy atom. The minimum atomic E-state index is -0.0835. The molecule has 7 aromatic rings. The highest BCUT2D eigenvalue weighted by molar-refractivity contribution is 6.23. The Kier molecular flexibility index (Phi) is 39.3. The minimum absolute atomic E-state index is 0.0302. The molecule has 2 nitrogen and oxygen atoms in total. The van der Waals surface area contributed by atoms with Crippen molar-refractivity contribution in [3.63, 3.8) is 0 Å². The normalized spacial score (nSPS) is 12.4. The fourth-order valence-corrected chi connectivity index (χ4v) is 17.2. The Balaban J connectivity index is 1.61. The smallest absolute Gasteiger partial charge is 0.0620 e. The highest BCUT2D eigenvalue weighted by atomic mass is 15.2. The topological polar surface area (TPSA) is 6.48 Å². The highest BCUT2D eigenvalue weighted by Gasteiger charge is 2.32. The van der Waals surface area contributed by atoms with Gasteiger partial charge < -0.3 is 9.80 Å². The molecule has 0 N–H and O–H groups in total. The first kappa shape index (κ1) is 89.9. The van der Waals surface area contributed by atoms with Crippen LogP contribution in [0.15, 0.2) is 115 Å². The van der Waals surface area contributed by atoms with Gasteiger partial charge in [0.2, 0.25) is 0 Å². The van der Waals surface area contributed by atoms with Crippen LogP contribution in [0.1, 0.15) is 437 Å². The van der Waals surface area contributed by atoms with E-state index in [-0.39, 0.29) is 21.7 Å². The van der Waals surface area contributed by atoms with Crippen LogP contribution in [0.2, 0.25) is 0 Å². The molecule has 2 heteroatoms. The van der Waals surface area contributed by atoms with E-state index in [1.54, 1.807) is 0 Å². The summed E-state index contributed by atoms with van der Waals surface area (Å²) < 4.78 is 0. The summed E-state index contributed by atoms with van der Waals surface area (Å²) in [4.78, 5) is 5.69. The summed E-state index contributed by atoms with van der Waals surface area (Å²) in [6.45, 7) is 41.1. The zero-order valence-electron chi connectivity index (χ0n) is 73.6. The molecule has 108 heavy (non-hydrogen) atoms. The molecule has 0 bridgehead atoms. The van der Waals surface area contributed by atoms with E-state index in [0.717, 1.165) is 44.9 Å². The van der Waals surface area contributed by atoms with Crippen LogP contribution in [0.3, 0.4) is 0 Å². The molecule has 0 radical (unpaired) electrons. The standard InChI is InChI=1S/C106H164N2/c1-18-24-29-34-39-44-49-54-61-84-68-69-99-100(77-84)102(108(96-82-91(105(13,14)15)79-92(83-96)106(16,17)70-23-6)94-75-87(64-57-52-47-42-37-32-27-21-4)72-88(76-94)65-58-53-48-43-38-33-28-22-5)98-67-60-59-66-97(98)101(99)107(95-80-89(103(7,8)9)78-90(81-95)104(10,11)12)93-73-85(62-55-50-45-40-35-30-25-19-2)71-86(74-93)63-56-51-46-41-36-31-26-20-3/h59-60,66-69,71-83H,18-58,61-65,70H2,1-17H3. The van der Waals surface area contributed by atoms with Gasteiger partial charge in [0.25, 0.3) is 0 Å². The van der Waals surface area contributed by atoms with E-state index in [4.69, 9.17) is 0 Å². The monoisotopic (exact) mass is 1470 g/mol. The maximum absolute atomic E-state index is 2.86. The lowest BCUT2D eigenvalue weighted by Crippen LogP contribution is -2.22. The average molecular weight is 1470 g/mol. The van der Waals surface area contributed by atoms with Gasteiger partial charge in [-0.3, -0.25) is 0 Å². The van der Waals surface area contributed by atoms with E-state index in [9.17, 15) is 0 Å². The zero-order chi connectivity index (χ0) is 77.8. The summed E-state index contributed by atoms with van der Waals surface area (Å²) in [7, 11) is 0. The number of nitrogens with zero attached hydrogens (tertiary/aromatic N) is 2. The lowest BCUT2D eigenvalue weighted by atomic mass is 9.77. The fraction of sp³-hybridized carbons (Fsp3) is 0.642. The number of unbranched alkanes of at least 4 members (excludes halogenated alkanes) is 35. The van der Waals surface area contributed by atoms with Gasteiger partial charge in [0.15, 0.2) is 0 Å². The van der Waals surface area contributed by atoms with Gasteiger partial charge in [-0.2, -0.15) is 0 Å². The van der Waals surface area contributed by atoms with Crippen molar-refractivity contribution >= 4 is 55.7 Å². The number of rotatable bonds is 54. The molecule has 0 spiro atoms. The van der Waals surface area contributed by atoms with Gasteiger partial charge in [-0.25, -0.2) is 0 Å².